The summed E-state index contributed by atoms with van der Waals surface area (Å²) in [5, 5.41) is 20.2. The van der Waals surface area contributed by atoms with Crippen molar-refractivity contribution in [3.8, 4) is 11.8 Å². The van der Waals surface area contributed by atoms with Gasteiger partial charge in [-0.3, -0.25) is 10.1 Å². The van der Waals surface area contributed by atoms with E-state index in [0.29, 0.717) is 17.7 Å². The third kappa shape index (κ3) is 5.05. The molecular weight excluding hydrogens is 352 g/mol. The maximum absolute atomic E-state index is 10.7. The van der Waals surface area contributed by atoms with Gasteiger partial charge >= 0.3 is 0 Å². The summed E-state index contributed by atoms with van der Waals surface area (Å²) < 4.78 is 5.77. The van der Waals surface area contributed by atoms with Gasteiger partial charge in [0, 0.05) is 18.6 Å². The highest BCUT2D eigenvalue weighted by Crippen LogP contribution is 2.22. The van der Waals surface area contributed by atoms with Crippen LogP contribution in [0.5, 0.6) is 5.75 Å². The van der Waals surface area contributed by atoms with Crippen LogP contribution < -0.4 is 4.74 Å². The second-order valence-corrected chi connectivity index (χ2v) is 6.13. The van der Waals surface area contributed by atoms with Crippen molar-refractivity contribution >= 4 is 17.3 Å². The van der Waals surface area contributed by atoms with Crippen molar-refractivity contribution in [2.24, 2.45) is 0 Å². The Morgan fingerprint density at radius 3 is 2.29 bits per heavy atom. The summed E-state index contributed by atoms with van der Waals surface area (Å²) in [4.78, 5) is 10.3. The minimum Gasteiger partial charge on any atom is -0.493 e. The molecular formula is C23H18N2O3. The van der Waals surface area contributed by atoms with E-state index in [2.05, 4.69) is 18.2 Å². The van der Waals surface area contributed by atoms with Crippen molar-refractivity contribution < 1.29 is 9.66 Å². The van der Waals surface area contributed by atoms with Gasteiger partial charge in [-0.15, -0.1) is 0 Å². The molecule has 138 valence electrons. The lowest BCUT2D eigenvalue weighted by Gasteiger charge is -2.07. The molecule has 3 rings (SSSR count). The molecule has 0 fully saturated rings. The fourth-order valence-electron chi connectivity index (χ4n) is 2.70. The molecule has 0 saturated carbocycles. The molecule has 0 amide bonds. The molecule has 0 bridgehead atoms. The van der Waals surface area contributed by atoms with E-state index in [9.17, 15) is 15.4 Å². The molecule has 0 aliphatic carbocycles. The van der Waals surface area contributed by atoms with Crippen LogP contribution in [0.15, 0.2) is 78.9 Å². The van der Waals surface area contributed by atoms with Crippen LogP contribution in [0.1, 0.15) is 16.7 Å². The van der Waals surface area contributed by atoms with Gasteiger partial charge < -0.3 is 4.74 Å². The van der Waals surface area contributed by atoms with Gasteiger partial charge in [0.15, 0.2) is 0 Å². The van der Waals surface area contributed by atoms with E-state index in [1.807, 2.05) is 42.5 Å². The molecule has 0 unspecified atom stereocenters. The van der Waals surface area contributed by atoms with Gasteiger partial charge in [0.05, 0.1) is 23.2 Å². The summed E-state index contributed by atoms with van der Waals surface area (Å²) in [6.07, 6.45) is 2.58. The molecule has 5 nitrogen and oxygen atoms in total. The van der Waals surface area contributed by atoms with E-state index >= 15 is 0 Å². The number of ether oxygens (including phenoxy) is 1. The maximum atomic E-state index is 10.7. The molecule has 0 aliphatic heterocycles. The number of benzene rings is 3. The summed E-state index contributed by atoms with van der Waals surface area (Å²) in [6.45, 7) is 0.589. The standard InChI is InChI=1S/C23H18N2O3/c24-17-21(20-8-10-22(11-9-20)25(26)27)16-19-6-12-23(13-7-19)28-15-14-18-4-2-1-3-5-18/h1-13,16H,14-15H2. The number of nitro groups is 1. The zero-order valence-electron chi connectivity index (χ0n) is 15.1. The monoisotopic (exact) mass is 370 g/mol. The van der Waals surface area contributed by atoms with E-state index in [1.54, 1.807) is 18.2 Å². The quantitative estimate of drug-likeness (QED) is 0.245. The van der Waals surface area contributed by atoms with E-state index in [-0.39, 0.29) is 5.69 Å². The van der Waals surface area contributed by atoms with Crippen LogP contribution in [0.3, 0.4) is 0 Å². The Morgan fingerprint density at radius 1 is 1.00 bits per heavy atom. The van der Waals surface area contributed by atoms with Gasteiger partial charge in [0.1, 0.15) is 5.75 Å². The minimum absolute atomic E-state index is 0.00181. The molecule has 28 heavy (non-hydrogen) atoms. The van der Waals surface area contributed by atoms with Crippen LogP contribution in [-0.4, -0.2) is 11.5 Å². The van der Waals surface area contributed by atoms with Crippen LogP contribution in [0.4, 0.5) is 5.69 Å². The number of rotatable bonds is 7. The number of nitrogens with zero attached hydrogens (tertiary/aromatic N) is 2. The average molecular weight is 370 g/mol. The molecule has 0 heterocycles. The third-order valence-electron chi connectivity index (χ3n) is 4.20. The topological polar surface area (TPSA) is 76.2 Å². The minimum atomic E-state index is -0.462. The first-order valence-electron chi connectivity index (χ1n) is 8.79. The van der Waals surface area contributed by atoms with Gasteiger partial charge in [-0.1, -0.05) is 42.5 Å². The van der Waals surface area contributed by atoms with Crippen LogP contribution in [0, 0.1) is 21.4 Å². The summed E-state index contributed by atoms with van der Waals surface area (Å²) in [7, 11) is 0. The predicted octanol–water partition coefficient (Wildman–Crippen LogP) is 5.28. The van der Waals surface area contributed by atoms with E-state index in [1.165, 1.54) is 17.7 Å². The summed E-state index contributed by atoms with van der Waals surface area (Å²) in [5.41, 5.74) is 3.15. The molecule has 0 spiro atoms. The van der Waals surface area contributed by atoms with E-state index in [0.717, 1.165) is 17.7 Å². The highest BCUT2D eigenvalue weighted by Gasteiger charge is 2.07. The number of nitriles is 1. The highest BCUT2D eigenvalue weighted by molar-refractivity contribution is 5.89. The molecule has 0 N–H and O–H groups in total. The third-order valence-corrected chi connectivity index (χ3v) is 4.20. The van der Waals surface area contributed by atoms with E-state index in [4.69, 9.17) is 4.74 Å². The van der Waals surface area contributed by atoms with Crippen molar-refractivity contribution in [1.82, 2.24) is 0 Å². The Balaban J connectivity index is 1.64. The Morgan fingerprint density at radius 2 is 1.68 bits per heavy atom. The van der Waals surface area contributed by atoms with Crippen LogP contribution in [0.25, 0.3) is 11.6 Å². The Kier molecular flexibility index (Phi) is 6.17. The number of nitro benzene ring substituents is 1. The Hall–Kier alpha value is -3.91. The summed E-state index contributed by atoms with van der Waals surface area (Å²) >= 11 is 0. The van der Waals surface area contributed by atoms with Crippen LogP contribution in [-0.2, 0) is 6.42 Å². The zero-order valence-corrected chi connectivity index (χ0v) is 15.1. The number of non-ortho nitro benzene ring substituents is 1. The van der Waals surface area contributed by atoms with Gasteiger partial charge in [-0.2, -0.15) is 5.26 Å². The summed E-state index contributed by atoms with van der Waals surface area (Å²) in [6, 6.07) is 25.7. The van der Waals surface area contributed by atoms with Crippen molar-refractivity contribution in [2.45, 2.75) is 6.42 Å². The van der Waals surface area contributed by atoms with Crippen molar-refractivity contribution in [3.05, 3.63) is 106 Å². The van der Waals surface area contributed by atoms with Gasteiger partial charge in [-0.05, 0) is 47.0 Å². The lowest BCUT2D eigenvalue weighted by Crippen LogP contribution is -2.00. The fraction of sp³-hybridized carbons (Fsp3) is 0.0870. The van der Waals surface area contributed by atoms with Crippen molar-refractivity contribution in [1.29, 1.82) is 5.26 Å². The van der Waals surface area contributed by atoms with Gasteiger partial charge in [0.2, 0.25) is 0 Å². The predicted molar refractivity (Wildman–Crippen MR) is 109 cm³/mol. The molecule has 0 saturated heterocycles. The first kappa shape index (κ1) is 18.9. The molecule has 0 atom stereocenters. The number of hydrogen-bond donors (Lipinski definition) is 0. The summed E-state index contributed by atoms with van der Waals surface area (Å²) in [5.74, 6) is 0.766. The molecule has 3 aromatic carbocycles. The fourth-order valence-corrected chi connectivity index (χ4v) is 2.70. The second kappa shape index (κ2) is 9.15. The molecule has 3 aromatic rings. The van der Waals surface area contributed by atoms with Gasteiger partial charge in [-0.25, -0.2) is 0 Å². The van der Waals surface area contributed by atoms with Crippen molar-refractivity contribution in [2.75, 3.05) is 6.61 Å². The first-order valence-corrected chi connectivity index (χ1v) is 8.79. The molecule has 0 radical (unpaired) electrons. The Labute approximate surface area is 163 Å². The molecule has 5 heteroatoms. The molecule has 0 aromatic heterocycles. The smallest absolute Gasteiger partial charge is 0.269 e. The number of hydrogen-bond acceptors (Lipinski definition) is 4. The van der Waals surface area contributed by atoms with Crippen LogP contribution >= 0.6 is 0 Å². The molecule has 0 aliphatic rings. The van der Waals surface area contributed by atoms with Gasteiger partial charge in [0.25, 0.3) is 5.69 Å². The lowest BCUT2D eigenvalue weighted by molar-refractivity contribution is -0.384. The zero-order chi connectivity index (χ0) is 19.8. The number of allylic oxidation sites excluding steroid dienone is 1. The average Bonchev–Trinajstić information content (AvgIpc) is 2.74. The lowest BCUT2D eigenvalue weighted by atomic mass is 10.0. The Bertz CT molecular complexity index is 1000. The van der Waals surface area contributed by atoms with Crippen LogP contribution in [0.2, 0.25) is 0 Å². The second-order valence-electron chi connectivity index (χ2n) is 6.13. The first-order chi connectivity index (χ1) is 13.7. The maximum Gasteiger partial charge on any atom is 0.269 e. The largest absolute Gasteiger partial charge is 0.493 e. The highest BCUT2D eigenvalue weighted by atomic mass is 16.6. The normalized spacial score (nSPS) is 10.9. The van der Waals surface area contributed by atoms with E-state index < -0.39 is 4.92 Å². The van der Waals surface area contributed by atoms with Crippen molar-refractivity contribution in [3.63, 3.8) is 0 Å². The SMILES string of the molecule is N#CC(=Cc1ccc(OCCc2ccccc2)cc1)c1ccc([N+](=O)[O-])cc1.